The monoisotopic (exact) mass is 329 g/mol. The molecule has 0 N–H and O–H groups in total. The summed E-state index contributed by atoms with van der Waals surface area (Å²) in [6.45, 7) is 6.74. The molecule has 1 atom stereocenters. The van der Waals surface area contributed by atoms with Crippen LogP contribution in [0.1, 0.15) is 29.0 Å². The molecule has 3 nitrogen and oxygen atoms in total. The lowest BCUT2D eigenvalue weighted by atomic mass is 10.1. The van der Waals surface area contributed by atoms with Crippen LogP contribution in [0.15, 0.2) is 35.8 Å². The van der Waals surface area contributed by atoms with Gasteiger partial charge in [0.15, 0.2) is 0 Å². The van der Waals surface area contributed by atoms with E-state index in [-0.39, 0.29) is 0 Å². The molecule has 1 aromatic heterocycles. The Morgan fingerprint density at radius 3 is 2.87 bits per heavy atom. The van der Waals surface area contributed by atoms with E-state index in [0.717, 1.165) is 19.5 Å². The summed E-state index contributed by atoms with van der Waals surface area (Å²) in [6, 6.07) is 11.6. The van der Waals surface area contributed by atoms with E-state index in [1.54, 1.807) is 11.3 Å². The van der Waals surface area contributed by atoms with Crippen molar-refractivity contribution in [2.24, 2.45) is 0 Å². The number of likely N-dealkylation sites (tertiary alicyclic amines) is 1. The molecule has 1 saturated heterocycles. The summed E-state index contributed by atoms with van der Waals surface area (Å²) in [7, 11) is 2.26. The normalized spacial score (nSPS) is 18.8. The topological polar surface area (TPSA) is 19.4 Å². The third kappa shape index (κ3) is 4.63. The number of hydrogen-bond acceptors (Lipinski definition) is 4. The third-order valence-corrected chi connectivity index (χ3v) is 5.81. The SMILES string of the molecule is Cc1ncsc1CCN(C)C[C@H]1CCCN1Cc1ccccc1. The maximum Gasteiger partial charge on any atom is 0.0797 e. The van der Waals surface area contributed by atoms with Crippen LogP contribution in [0, 0.1) is 6.92 Å². The molecule has 2 heterocycles. The number of rotatable bonds is 7. The van der Waals surface area contributed by atoms with Crippen LogP contribution < -0.4 is 0 Å². The maximum atomic E-state index is 4.35. The minimum Gasteiger partial charge on any atom is -0.304 e. The molecule has 0 aliphatic carbocycles. The highest BCUT2D eigenvalue weighted by Crippen LogP contribution is 2.21. The molecule has 0 bridgehead atoms. The van der Waals surface area contributed by atoms with Crippen LogP contribution >= 0.6 is 11.3 Å². The van der Waals surface area contributed by atoms with E-state index in [1.165, 1.54) is 42.1 Å². The van der Waals surface area contributed by atoms with Crippen molar-refractivity contribution in [2.45, 2.75) is 38.8 Å². The van der Waals surface area contributed by atoms with E-state index in [4.69, 9.17) is 0 Å². The first-order valence-corrected chi connectivity index (χ1v) is 9.46. The predicted octanol–water partition coefficient (Wildman–Crippen LogP) is 3.59. The molecular formula is C19H27N3S. The molecule has 1 fully saturated rings. The minimum absolute atomic E-state index is 0.697. The van der Waals surface area contributed by atoms with Crippen LogP contribution in [0.5, 0.6) is 0 Å². The highest BCUT2D eigenvalue weighted by Gasteiger charge is 2.25. The molecule has 3 rings (SSSR count). The van der Waals surface area contributed by atoms with Crippen molar-refractivity contribution in [1.29, 1.82) is 0 Å². The number of aryl methyl sites for hydroxylation is 1. The average Bonchev–Trinajstić information content (AvgIpc) is 3.16. The van der Waals surface area contributed by atoms with Crippen molar-refractivity contribution < 1.29 is 0 Å². The van der Waals surface area contributed by atoms with Crippen LogP contribution in [0.25, 0.3) is 0 Å². The van der Waals surface area contributed by atoms with Gasteiger partial charge in [0.2, 0.25) is 0 Å². The van der Waals surface area contributed by atoms with Gasteiger partial charge in [0, 0.05) is 30.6 Å². The van der Waals surface area contributed by atoms with Crippen LogP contribution in [0.3, 0.4) is 0 Å². The zero-order chi connectivity index (χ0) is 16.1. The van der Waals surface area contributed by atoms with E-state index in [0.29, 0.717) is 6.04 Å². The van der Waals surface area contributed by atoms with E-state index in [2.05, 4.69) is 59.1 Å². The molecule has 1 aromatic carbocycles. The molecule has 0 radical (unpaired) electrons. The molecule has 124 valence electrons. The van der Waals surface area contributed by atoms with Crippen LogP contribution in [-0.2, 0) is 13.0 Å². The number of hydrogen-bond donors (Lipinski definition) is 0. The second-order valence-corrected chi connectivity index (χ2v) is 7.56. The van der Waals surface area contributed by atoms with Gasteiger partial charge in [-0.2, -0.15) is 0 Å². The highest BCUT2D eigenvalue weighted by molar-refractivity contribution is 7.09. The fraction of sp³-hybridized carbons (Fsp3) is 0.526. The Morgan fingerprint density at radius 1 is 1.30 bits per heavy atom. The first-order chi connectivity index (χ1) is 11.2. The van der Waals surface area contributed by atoms with Gasteiger partial charge in [0.25, 0.3) is 0 Å². The molecule has 23 heavy (non-hydrogen) atoms. The molecule has 4 heteroatoms. The van der Waals surface area contributed by atoms with Gasteiger partial charge < -0.3 is 4.90 Å². The average molecular weight is 330 g/mol. The Morgan fingerprint density at radius 2 is 2.13 bits per heavy atom. The first kappa shape index (κ1) is 16.6. The Bertz CT molecular complexity index is 596. The van der Waals surface area contributed by atoms with Gasteiger partial charge in [-0.25, -0.2) is 4.98 Å². The zero-order valence-corrected chi connectivity index (χ0v) is 15.1. The summed E-state index contributed by atoms with van der Waals surface area (Å²) >= 11 is 1.79. The fourth-order valence-corrected chi connectivity index (χ4v) is 4.21. The summed E-state index contributed by atoms with van der Waals surface area (Å²) in [5.41, 5.74) is 4.60. The van der Waals surface area contributed by atoms with Crippen molar-refractivity contribution >= 4 is 11.3 Å². The third-order valence-electron chi connectivity index (χ3n) is 4.82. The standard InChI is InChI=1S/C19H27N3S/c1-16-19(23-15-20-16)10-12-21(2)14-18-9-6-11-22(18)13-17-7-4-3-5-8-17/h3-5,7-8,15,18H,6,9-14H2,1-2H3/t18-/m1/s1. The van der Waals surface area contributed by atoms with Crippen LogP contribution in [0.2, 0.25) is 0 Å². The van der Waals surface area contributed by atoms with Crippen molar-refractivity contribution in [3.63, 3.8) is 0 Å². The Hall–Kier alpha value is -1.23. The molecule has 1 aliphatic heterocycles. The quantitative estimate of drug-likeness (QED) is 0.774. The first-order valence-electron chi connectivity index (χ1n) is 8.58. The lowest BCUT2D eigenvalue weighted by Gasteiger charge is -2.28. The molecule has 0 spiro atoms. The maximum absolute atomic E-state index is 4.35. The Balaban J connectivity index is 1.49. The number of benzene rings is 1. The van der Waals surface area contributed by atoms with E-state index in [1.807, 2.05) is 5.51 Å². The van der Waals surface area contributed by atoms with Gasteiger partial charge in [0.05, 0.1) is 11.2 Å². The number of likely N-dealkylation sites (N-methyl/N-ethyl adjacent to an activating group) is 1. The summed E-state index contributed by atoms with van der Waals surface area (Å²) < 4.78 is 0. The van der Waals surface area contributed by atoms with Gasteiger partial charge in [0.1, 0.15) is 0 Å². The Labute approximate surface area is 144 Å². The molecule has 1 aliphatic rings. The van der Waals surface area contributed by atoms with Gasteiger partial charge in [-0.1, -0.05) is 30.3 Å². The minimum atomic E-state index is 0.697. The van der Waals surface area contributed by atoms with Crippen LogP contribution in [0.4, 0.5) is 0 Å². The number of nitrogens with zero attached hydrogens (tertiary/aromatic N) is 3. The molecule has 0 amide bonds. The van der Waals surface area contributed by atoms with Gasteiger partial charge in [-0.3, -0.25) is 4.90 Å². The fourth-order valence-electron chi connectivity index (χ4n) is 3.44. The predicted molar refractivity (Wildman–Crippen MR) is 97.9 cm³/mol. The second kappa shape index (κ2) is 8.04. The van der Waals surface area contributed by atoms with E-state index in [9.17, 15) is 0 Å². The highest BCUT2D eigenvalue weighted by atomic mass is 32.1. The van der Waals surface area contributed by atoms with Crippen molar-refractivity contribution in [3.05, 3.63) is 52.0 Å². The lowest BCUT2D eigenvalue weighted by Crippen LogP contribution is -2.39. The summed E-state index contributed by atoms with van der Waals surface area (Å²) in [5.74, 6) is 0. The van der Waals surface area contributed by atoms with E-state index >= 15 is 0 Å². The van der Waals surface area contributed by atoms with Gasteiger partial charge in [-0.05, 0) is 45.3 Å². The van der Waals surface area contributed by atoms with E-state index < -0.39 is 0 Å². The zero-order valence-electron chi connectivity index (χ0n) is 14.2. The molecular weight excluding hydrogens is 302 g/mol. The smallest absolute Gasteiger partial charge is 0.0797 e. The lowest BCUT2D eigenvalue weighted by molar-refractivity contribution is 0.186. The summed E-state index contributed by atoms with van der Waals surface area (Å²) in [6.07, 6.45) is 3.79. The number of aromatic nitrogens is 1. The van der Waals surface area contributed by atoms with Gasteiger partial charge in [-0.15, -0.1) is 11.3 Å². The molecule has 2 aromatic rings. The van der Waals surface area contributed by atoms with Crippen molar-refractivity contribution in [3.8, 4) is 0 Å². The molecule has 0 saturated carbocycles. The Kier molecular flexibility index (Phi) is 5.81. The van der Waals surface area contributed by atoms with Crippen LogP contribution in [-0.4, -0.2) is 47.5 Å². The summed E-state index contributed by atoms with van der Waals surface area (Å²) in [5, 5.41) is 0. The second-order valence-electron chi connectivity index (χ2n) is 6.63. The van der Waals surface area contributed by atoms with Crippen molar-refractivity contribution in [2.75, 3.05) is 26.7 Å². The van der Waals surface area contributed by atoms with Crippen molar-refractivity contribution in [1.82, 2.24) is 14.8 Å². The summed E-state index contributed by atoms with van der Waals surface area (Å²) in [4.78, 5) is 10.9. The largest absolute Gasteiger partial charge is 0.304 e. The number of thiazole rings is 1. The van der Waals surface area contributed by atoms with Gasteiger partial charge >= 0.3 is 0 Å². The molecule has 0 unspecified atom stereocenters.